The van der Waals surface area contributed by atoms with Gasteiger partial charge in [0.15, 0.2) is 0 Å². The van der Waals surface area contributed by atoms with E-state index in [9.17, 15) is 5.11 Å². The molecule has 0 radical (unpaired) electrons. The monoisotopic (exact) mass is 268 g/mol. The Balaban J connectivity index is 2.22. The largest absolute Gasteiger partial charge is 0.393 e. The van der Waals surface area contributed by atoms with Gasteiger partial charge >= 0.3 is 0 Å². The number of halogens is 1. The normalized spacial score (nSPS) is 24.3. The van der Waals surface area contributed by atoms with Gasteiger partial charge in [0.1, 0.15) is 0 Å². The first kappa shape index (κ1) is 9.78. The molecule has 1 N–H and O–H groups in total. The van der Waals surface area contributed by atoms with Crippen molar-refractivity contribution in [1.29, 1.82) is 0 Å². The van der Waals surface area contributed by atoms with Gasteiger partial charge in [0.25, 0.3) is 0 Å². The average molecular weight is 268 g/mol. The minimum Gasteiger partial charge on any atom is -0.393 e. The molecule has 1 atom stereocenters. The van der Waals surface area contributed by atoms with Crippen molar-refractivity contribution in [3.63, 3.8) is 0 Å². The molecule has 0 amide bonds. The standard InChI is InChI=1S/C9H17IO/c1-9(5-3-6-9)8(11)4-2-7-10/h8,11H,2-7H2,1H3. The summed E-state index contributed by atoms with van der Waals surface area (Å²) in [4.78, 5) is 0. The van der Waals surface area contributed by atoms with E-state index in [0.29, 0.717) is 0 Å². The molecule has 0 aromatic heterocycles. The number of aliphatic hydroxyl groups excluding tert-OH is 1. The van der Waals surface area contributed by atoms with Crippen LogP contribution in [-0.2, 0) is 0 Å². The maximum absolute atomic E-state index is 9.76. The minimum absolute atomic E-state index is 0.0361. The predicted octanol–water partition coefficient (Wildman–Crippen LogP) is 2.75. The van der Waals surface area contributed by atoms with Crippen LogP contribution >= 0.6 is 22.6 Å². The van der Waals surface area contributed by atoms with Crippen LogP contribution in [0.15, 0.2) is 0 Å². The van der Waals surface area contributed by atoms with Crippen molar-refractivity contribution in [2.24, 2.45) is 5.41 Å². The summed E-state index contributed by atoms with van der Waals surface area (Å²) in [6, 6.07) is 0. The fraction of sp³-hybridized carbons (Fsp3) is 1.00. The Morgan fingerprint density at radius 3 is 2.55 bits per heavy atom. The van der Waals surface area contributed by atoms with E-state index in [1.54, 1.807) is 0 Å². The van der Waals surface area contributed by atoms with Crippen molar-refractivity contribution >= 4 is 22.6 Å². The van der Waals surface area contributed by atoms with Gasteiger partial charge in [-0.1, -0.05) is 35.9 Å². The fourth-order valence-electron chi connectivity index (χ4n) is 1.69. The lowest BCUT2D eigenvalue weighted by atomic mass is 9.66. The summed E-state index contributed by atoms with van der Waals surface area (Å²) < 4.78 is 1.17. The highest BCUT2D eigenvalue weighted by atomic mass is 127. The number of hydrogen-bond donors (Lipinski definition) is 1. The summed E-state index contributed by atoms with van der Waals surface area (Å²) in [5.41, 5.74) is 0.284. The van der Waals surface area contributed by atoms with Crippen LogP contribution in [0.2, 0.25) is 0 Å². The molecule has 1 rings (SSSR count). The van der Waals surface area contributed by atoms with Crippen LogP contribution in [0, 0.1) is 5.41 Å². The second-order valence-electron chi connectivity index (χ2n) is 3.85. The number of rotatable bonds is 4. The van der Waals surface area contributed by atoms with Crippen LogP contribution in [-0.4, -0.2) is 15.6 Å². The molecule has 0 saturated heterocycles. The second kappa shape index (κ2) is 4.08. The molecule has 1 nitrogen and oxygen atoms in total. The van der Waals surface area contributed by atoms with Crippen molar-refractivity contribution in [3.8, 4) is 0 Å². The average Bonchev–Trinajstić information content (AvgIpc) is 1.95. The molecule has 1 aliphatic rings. The van der Waals surface area contributed by atoms with E-state index in [-0.39, 0.29) is 11.5 Å². The molecule has 0 bridgehead atoms. The quantitative estimate of drug-likeness (QED) is 0.614. The third kappa shape index (κ3) is 2.31. The lowest BCUT2D eigenvalue weighted by Gasteiger charge is -2.42. The zero-order chi connectivity index (χ0) is 8.32. The molecular weight excluding hydrogens is 251 g/mol. The molecular formula is C9H17IO. The number of hydrogen-bond acceptors (Lipinski definition) is 1. The van der Waals surface area contributed by atoms with Crippen LogP contribution in [0.1, 0.15) is 39.0 Å². The van der Waals surface area contributed by atoms with Crippen molar-refractivity contribution in [2.75, 3.05) is 4.43 Å². The molecule has 0 aromatic carbocycles. The summed E-state index contributed by atoms with van der Waals surface area (Å²) in [6.07, 6.45) is 5.91. The highest BCUT2D eigenvalue weighted by Crippen LogP contribution is 2.44. The van der Waals surface area contributed by atoms with Gasteiger partial charge in [-0.05, 0) is 35.5 Å². The first-order chi connectivity index (χ1) is 5.19. The highest BCUT2D eigenvalue weighted by Gasteiger charge is 2.37. The van der Waals surface area contributed by atoms with E-state index in [2.05, 4.69) is 29.5 Å². The van der Waals surface area contributed by atoms with Gasteiger partial charge in [0.2, 0.25) is 0 Å². The maximum Gasteiger partial charge on any atom is 0.0594 e. The van der Waals surface area contributed by atoms with Gasteiger partial charge in [-0.2, -0.15) is 0 Å². The first-order valence-electron chi connectivity index (χ1n) is 4.43. The molecule has 2 heteroatoms. The Hall–Kier alpha value is 0.690. The van der Waals surface area contributed by atoms with Crippen LogP contribution in [0.5, 0.6) is 0 Å². The Labute approximate surface area is 82.7 Å². The van der Waals surface area contributed by atoms with Crippen molar-refractivity contribution in [3.05, 3.63) is 0 Å². The van der Waals surface area contributed by atoms with E-state index in [4.69, 9.17) is 0 Å². The zero-order valence-electron chi connectivity index (χ0n) is 7.15. The number of alkyl halides is 1. The van der Waals surface area contributed by atoms with Gasteiger partial charge in [0.05, 0.1) is 6.10 Å². The minimum atomic E-state index is -0.0361. The van der Waals surface area contributed by atoms with E-state index in [1.807, 2.05) is 0 Å². The Morgan fingerprint density at radius 1 is 1.55 bits per heavy atom. The molecule has 0 aromatic rings. The Morgan fingerprint density at radius 2 is 2.18 bits per heavy atom. The van der Waals surface area contributed by atoms with Gasteiger partial charge in [-0.25, -0.2) is 0 Å². The first-order valence-corrected chi connectivity index (χ1v) is 5.96. The molecule has 0 spiro atoms. The summed E-state index contributed by atoms with van der Waals surface area (Å²) in [5, 5.41) is 9.76. The van der Waals surface area contributed by atoms with Crippen LogP contribution in [0.4, 0.5) is 0 Å². The Kier molecular flexibility index (Phi) is 3.62. The van der Waals surface area contributed by atoms with Crippen LogP contribution in [0.25, 0.3) is 0 Å². The van der Waals surface area contributed by atoms with E-state index >= 15 is 0 Å². The molecule has 1 unspecified atom stereocenters. The molecule has 0 heterocycles. The Bertz CT molecular complexity index is 121. The van der Waals surface area contributed by atoms with E-state index in [0.717, 1.165) is 12.8 Å². The summed E-state index contributed by atoms with van der Waals surface area (Å²) >= 11 is 2.37. The van der Waals surface area contributed by atoms with Gasteiger partial charge < -0.3 is 5.11 Å². The zero-order valence-corrected chi connectivity index (χ0v) is 9.30. The predicted molar refractivity (Wildman–Crippen MR) is 56.1 cm³/mol. The highest BCUT2D eigenvalue weighted by molar-refractivity contribution is 14.1. The topological polar surface area (TPSA) is 20.2 Å². The van der Waals surface area contributed by atoms with Crippen molar-refractivity contribution < 1.29 is 5.11 Å². The molecule has 66 valence electrons. The van der Waals surface area contributed by atoms with Gasteiger partial charge in [0, 0.05) is 0 Å². The molecule has 1 aliphatic carbocycles. The van der Waals surface area contributed by atoms with Gasteiger partial charge in [-0.3, -0.25) is 0 Å². The lowest BCUT2D eigenvalue weighted by molar-refractivity contribution is -0.0247. The van der Waals surface area contributed by atoms with Gasteiger partial charge in [-0.15, -0.1) is 0 Å². The molecule has 0 aliphatic heterocycles. The number of aliphatic hydroxyl groups is 1. The summed E-state index contributed by atoms with van der Waals surface area (Å²) in [7, 11) is 0. The van der Waals surface area contributed by atoms with E-state index in [1.165, 1.54) is 23.7 Å². The molecule has 1 fully saturated rings. The van der Waals surface area contributed by atoms with Crippen LogP contribution < -0.4 is 0 Å². The maximum atomic E-state index is 9.76. The summed E-state index contributed by atoms with van der Waals surface area (Å²) in [5.74, 6) is 0. The smallest absolute Gasteiger partial charge is 0.0594 e. The second-order valence-corrected chi connectivity index (χ2v) is 4.93. The SMILES string of the molecule is CC1(C(O)CCCI)CCC1. The van der Waals surface area contributed by atoms with Crippen molar-refractivity contribution in [2.45, 2.75) is 45.1 Å². The molecule has 1 saturated carbocycles. The van der Waals surface area contributed by atoms with E-state index < -0.39 is 0 Å². The lowest BCUT2D eigenvalue weighted by Crippen LogP contribution is -2.38. The fourth-order valence-corrected chi connectivity index (χ4v) is 2.13. The third-order valence-corrected chi connectivity index (χ3v) is 3.67. The van der Waals surface area contributed by atoms with Crippen LogP contribution in [0.3, 0.4) is 0 Å². The van der Waals surface area contributed by atoms with Crippen molar-refractivity contribution in [1.82, 2.24) is 0 Å². The third-order valence-electron chi connectivity index (χ3n) is 2.91. The molecule has 11 heavy (non-hydrogen) atoms. The summed E-state index contributed by atoms with van der Waals surface area (Å²) in [6.45, 7) is 2.22.